The Morgan fingerprint density at radius 2 is 1.89 bits per heavy atom. The van der Waals surface area contributed by atoms with Gasteiger partial charge in [0.05, 0.1) is 5.54 Å². The minimum Gasteiger partial charge on any atom is -0.371 e. The molecule has 1 aliphatic rings. The summed E-state index contributed by atoms with van der Waals surface area (Å²) in [5.41, 5.74) is 7.55. The molecule has 0 aliphatic carbocycles. The monoisotopic (exact) mass is 259 g/mol. The number of piperidine rings is 1. The number of anilines is 1. The van der Waals surface area contributed by atoms with Gasteiger partial charge in [-0.2, -0.15) is 0 Å². The van der Waals surface area contributed by atoms with E-state index in [-0.39, 0.29) is 5.54 Å². The van der Waals surface area contributed by atoms with Crippen LogP contribution in [0.5, 0.6) is 0 Å². The van der Waals surface area contributed by atoms with Crippen LogP contribution in [-0.4, -0.2) is 18.1 Å². The van der Waals surface area contributed by atoms with Crippen molar-refractivity contribution in [3.8, 4) is 0 Å². The maximum Gasteiger partial charge on any atom is 0.113 e. The summed E-state index contributed by atoms with van der Waals surface area (Å²) in [6, 6.07) is 10.5. The van der Waals surface area contributed by atoms with Gasteiger partial charge in [-0.1, -0.05) is 18.2 Å². The number of rotatable bonds is 2. The van der Waals surface area contributed by atoms with Crippen molar-refractivity contribution in [3.63, 3.8) is 0 Å². The Morgan fingerprint density at radius 1 is 1.17 bits per heavy atom. The van der Waals surface area contributed by atoms with Crippen molar-refractivity contribution >= 4 is 17.0 Å². The van der Waals surface area contributed by atoms with Crippen molar-refractivity contribution in [2.24, 2.45) is 5.73 Å². The summed E-state index contributed by atoms with van der Waals surface area (Å²) < 4.78 is 0. The van der Waals surface area contributed by atoms with E-state index in [4.69, 9.17) is 5.73 Å². The molecular formula is C14H17N3S. The maximum atomic E-state index is 6.49. The topological polar surface area (TPSA) is 42.1 Å². The number of benzene rings is 1. The fourth-order valence-corrected chi connectivity index (χ4v) is 3.30. The molecule has 2 heterocycles. The van der Waals surface area contributed by atoms with Gasteiger partial charge in [-0.05, 0) is 25.0 Å². The van der Waals surface area contributed by atoms with Crippen molar-refractivity contribution in [2.75, 3.05) is 18.0 Å². The predicted molar refractivity (Wildman–Crippen MR) is 75.9 cm³/mol. The number of thiazole rings is 1. The van der Waals surface area contributed by atoms with E-state index in [2.05, 4.69) is 40.2 Å². The van der Waals surface area contributed by atoms with Crippen molar-refractivity contribution in [1.82, 2.24) is 4.98 Å². The Morgan fingerprint density at radius 3 is 2.50 bits per heavy atom. The van der Waals surface area contributed by atoms with E-state index in [1.807, 2.05) is 11.6 Å². The summed E-state index contributed by atoms with van der Waals surface area (Å²) in [7, 11) is 0. The fraction of sp³-hybridized carbons (Fsp3) is 0.357. The zero-order valence-corrected chi connectivity index (χ0v) is 11.1. The van der Waals surface area contributed by atoms with Gasteiger partial charge in [0.2, 0.25) is 0 Å². The van der Waals surface area contributed by atoms with Crippen LogP contribution in [0.4, 0.5) is 5.69 Å². The van der Waals surface area contributed by atoms with Crippen molar-refractivity contribution in [2.45, 2.75) is 18.4 Å². The molecule has 1 aromatic heterocycles. The molecule has 0 spiro atoms. The van der Waals surface area contributed by atoms with Crippen LogP contribution < -0.4 is 10.6 Å². The second-order valence-corrected chi connectivity index (χ2v) is 5.71. The largest absolute Gasteiger partial charge is 0.371 e. The van der Waals surface area contributed by atoms with Gasteiger partial charge < -0.3 is 10.6 Å². The fourth-order valence-electron chi connectivity index (χ4n) is 2.49. The van der Waals surface area contributed by atoms with Crippen molar-refractivity contribution in [1.29, 1.82) is 0 Å². The lowest BCUT2D eigenvalue weighted by Gasteiger charge is -2.39. The molecule has 0 radical (unpaired) electrons. The number of hydrogen-bond donors (Lipinski definition) is 1. The molecule has 3 rings (SSSR count). The van der Waals surface area contributed by atoms with Gasteiger partial charge in [0.25, 0.3) is 0 Å². The van der Waals surface area contributed by atoms with Crippen molar-refractivity contribution in [3.05, 3.63) is 46.9 Å². The molecular weight excluding hydrogens is 242 g/mol. The highest BCUT2D eigenvalue weighted by Crippen LogP contribution is 2.33. The van der Waals surface area contributed by atoms with E-state index in [0.717, 1.165) is 30.9 Å². The molecule has 0 atom stereocenters. The van der Waals surface area contributed by atoms with E-state index in [9.17, 15) is 0 Å². The summed E-state index contributed by atoms with van der Waals surface area (Å²) in [4.78, 5) is 6.79. The highest BCUT2D eigenvalue weighted by Gasteiger charge is 2.34. The van der Waals surface area contributed by atoms with E-state index in [0.29, 0.717) is 0 Å². The molecule has 0 bridgehead atoms. The number of hydrogen-bond acceptors (Lipinski definition) is 4. The lowest BCUT2D eigenvalue weighted by Crippen LogP contribution is -2.48. The van der Waals surface area contributed by atoms with Crippen LogP contribution in [0, 0.1) is 0 Å². The first-order valence-electron chi connectivity index (χ1n) is 6.27. The maximum absolute atomic E-state index is 6.49. The van der Waals surface area contributed by atoms with Gasteiger partial charge >= 0.3 is 0 Å². The Labute approximate surface area is 111 Å². The van der Waals surface area contributed by atoms with E-state index in [1.54, 1.807) is 11.3 Å². The minimum atomic E-state index is -0.223. The third-order valence-corrected chi connectivity index (χ3v) is 4.63. The molecule has 1 aromatic carbocycles. The summed E-state index contributed by atoms with van der Waals surface area (Å²) in [6.07, 6.45) is 3.78. The molecule has 2 N–H and O–H groups in total. The van der Waals surface area contributed by atoms with Gasteiger partial charge in [0, 0.05) is 30.4 Å². The lowest BCUT2D eigenvalue weighted by molar-refractivity contribution is 0.341. The van der Waals surface area contributed by atoms with E-state index < -0.39 is 0 Å². The van der Waals surface area contributed by atoms with Crippen LogP contribution in [0.1, 0.15) is 17.8 Å². The molecule has 3 nitrogen and oxygen atoms in total. The van der Waals surface area contributed by atoms with Crippen molar-refractivity contribution < 1.29 is 0 Å². The van der Waals surface area contributed by atoms with Gasteiger partial charge in [0.1, 0.15) is 5.01 Å². The Kier molecular flexibility index (Phi) is 3.06. The second-order valence-electron chi connectivity index (χ2n) is 4.82. The van der Waals surface area contributed by atoms with Crippen LogP contribution in [0.3, 0.4) is 0 Å². The number of nitrogens with zero attached hydrogens (tertiary/aromatic N) is 2. The second kappa shape index (κ2) is 4.71. The van der Waals surface area contributed by atoms with Crippen LogP contribution in [0.15, 0.2) is 41.9 Å². The Bertz CT molecular complexity index is 487. The molecule has 1 fully saturated rings. The number of nitrogens with two attached hydrogens (primary N) is 1. The first-order valence-corrected chi connectivity index (χ1v) is 7.15. The van der Waals surface area contributed by atoms with Crippen LogP contribution in [-0.2, 0) is 5.54 Å². The number of aromatic nitrogens is 1. The number of para-hydroxylation sites is 1. The summed E-state index contributed by atoms with van der Waals surface area (Å²) in [5, 5.41) is 3.09. The summed E-state index contributed by atoms with van der Waals surface area (Å²) >= 11 is 1.67. The zero-order chi connectivity index (χ0) is 12.4. The molecule has 4 heteroatoms. The minimum absolute atomic E-state index is 0.223. The summed E-state index contributed by atoms with van der Waals surface area (Å²) in [6.45, 7) is 2.00. The molecule has 0 amide bonds. The molecule has 1 aliphatic heterocycles. The Balaban J connectivity index is 1.72. The normalized spacial score (nSPS) is 18.8. The molecule has 2 aromatic rings. The van der Waals surface area contributed by atoms with Gasteiger partial charge in [-0.3, -0.25) is 0 Å². The molecule has 94 valence electrons. The average molecular weight is 259 g/mol. The lowest BCUT2D eigenvalue weighted by atomic mass is 9.89. The van der Waals surface area contributed by atoms with Crippen LogP contribution >= 0.6 is 11.3 Å². The van der Waals surface area contributed by atoms with E-state index >= 15 is 0 Å². The highest BCUT2D eigenvalue weighted by atomic mass is 32.1. The Hall–Kier alpha value is -1.39. The quantitative estimate of drug-likeness (QED) is 0.901. The third kappa shape index (κ3) is 2.13. The SMILES string of the molecule is NC1(c2nccs2)CCN(c2ccccc2)CC1. The first-order chi connectivity index (χ1) is 8.78. The molecule has 18 heavy (non-hydrogen) atoms. The molecule has 0 saturated carbocycles. The smallest absolute Gasteiger partial charge is 0.113 e. The van der Waals surface area contributed by atoms with Gasteiger partial charge in [0.15, 0.2) is 0 Å². The van der Waals surface area contributed by atoms with Gasteiger partial charge in [-0.25, -0.2) is 4.98 Å². The highest BCUT2D eigenvalue weighted by molar-refractivity contribution is 7.09. The van der Waals surface area contributed by atoms with Crippen LogP contribution in [0.25, 0.3) is 0 Å². The molecule has 1 saturated heterocycles. The van der Waals surface area contributed by atoms with Crippen LogP contribution in [0.2, 0.25) is 0 Å². The zero-order valence-electron chi connectivity index (χ0n) is 10.2. The third-order valence-electron chi connectivity index (χ3n) is 3.64. The average Bonchev–Trinajstić information content (AvgIpc) is 2.95. The standard InChI is InChI=1S/C14H17N3S/c15-14(13-16-8-11-18-13)6-9-17(10-7-14)12-4-2-1-3-5-12/h1-5,8,11H,6-7,9-10,15H2. The van der Waals surface area contributed by atoms with E-state index in [1.165, 1.54) is 5.69 Å². The summed E-state index contributed by atoms with van der Waals surface area (Å²) in [5.74, 6) is 0. The van der Waals surface area contributed by atoms with Gasteiger partial charge in [-0.15, -0.1) is 11.3 Å². The predicted octanol–water partition coefficient (Wildman–Crippen LogP) is 2.60. The molecule has 0 unspecified atom stereocenters. The first kappa shape index (κ1) is 11.7.